The Morgan fingerprint density at radius 2 is 1.72 bits per heavy atom. The fourth-order valence-corrected chi connectivity index (χ4v) is 4.80. The van der Waals surface area contributed by atoms with Gasteiger partial charge in [0.1, 0.15) is 24.4 Å². The van der Waals surface area contributed by atoms with Gasteiger partial charge in [0.2, 0.25) is 17.7 Å². The molecule has 0 aliphatic carbocycles. The van der Waals surface area contributed by atoms with E-state index in [-0.39, 0.29) is 23.6 Å². The summed E-state index contributed by atoms with van der Waals surface area (Å²) in [7, 11) is 0. The molecule has 0 saturated carbocycles. The van der Waals surface area contributed by atoms with E-state index in [2.05, 4.69) is 27.3 Å². The molecule has 0 aromatic heterocycles. The van der Waals surface area contributed by atoms with Crippen LogP contribution in [0.25, 0.3) is 0 Å². The molecular formula is C31H44N4O4. The molecule has 2 aromatic rings. The van der Waals surface area contributed by atoms with Crippen LogP contribution in [0.1, 0.15) is 56.7 Å². The maximum atomic E-state index is 13.6. The van der Waals surface area contributed by atoms with Crippen molar-refractivity contribution in [1.29, 1.82) is 0 Å². The molecule has 8 nitrogen and oxygen atoms in total. The number of carbonyl (C=O) groups excluding carboxylic acids is 3. The summed E-state index contributed by atoms with van der Waals surface area (Å²) >= 11 is 0. The molecule has 0 unspecified atom stereocenters. The number of fused-ring (bicyclic) bond motifs is 1. The molecule has 39 heavy (non-hydrogen) atoms. The van der Waals surface area contributed by atoms with Crippen LogP contribution in [-0.4, -0.2) is 55.5 Å². The molecule has 0 fully saturated rings. The molecule has 3 atom stereocenters. The Balaban J connectivity index is 1.86. The largest absolute Gasteiger partial charge is 0.492 e. The van der Waals surface area contributed by atoms with Gasteiger partial charge in [-0.05, 0) is 55.7 Å². The number of amides is 3. The Morgan fingerprint density at radius 1 is 0.923 bits per heavy atom. The first kappa shape index (κ1) is 30.2. The minimum Gasteiger partial charge on any atom is -0.492 e. The summed E-state index contributed by atoms with van der Waals surface area (Å²) < 4.78 is 6.09. The van der Waals surface area contributed by atoms with Gasteiger partial charge in [0.05, 0.1) is 6.04 Å². The first-order valence-corrected chi connectivity index (χ1v) is 14.2. The summed E-state index contributed by atoms with van der Waals surface area (Å²) in [5, 5.41) is 12.2. The van der Waals surface area contributed by atoms with Crippen molar-refractivity contribution in [3.63, 3.8) is 0 Å². The highest BCUT2D eigenvalue weighted by atomic mass is 16.5. The zero-order chi connectivity index (χ0) is 28.2. The van der Waals surface area contributed by atoms with Crippen LogP contribution in [0.5, 0.6) is 5.75 Å². The van der Waals surface area contributed by atoms with Gasteiger partial charge in [-0.3, -0.25) is 14.4 Å². The summed E-state index contributed by atoms with van der Waals surface area (Å²) in [5.41, 5.74) is 3.22. The maximum Gasteiger partial charge on any atom is 0.243 e. The van der Waals surface area contributed by atoms with E-state index in [0.717, 1.165) is 41.7 Å². The van der Waals surface area contributed by atoms with Gasteiger partial charge in [-0.25, -0.2) is 0 Å². The number of benzene rings is 2. The lowest BCUT2D eigenvalue weighted by Crippen LogP contribution is -2.58. The van der Waals surface area contributed by atoms with Crippen LogP contribution < -0.4 is 26.0 Å². The Bertz CT molecular complexity index is 1100. The highest BCUT2D eigenvalue weighted by Crippen LogP contribution is 2.19. The summed E-state index contributed by atoms with van der Waals surface area (Å²) in [6.45, 7) is 9.12. The highest BCUT2D eigenvalue weighted by molar-refractivity contribution is 5.93. The minimum atomic E-state index is -0.770. The fourth-order valence-electron chi connectivity index (χ4n) is 4.80. The average molecular weight is 537 g/mol. The van der Waals surface area contributed by atoms with Gasteiger partial charge < -0.3 is 26.0 Å². The average Bonchev–Trinajstić information content (AvgIpc) is 2.90. The Hall–Kier alpha value is -3.39. The Labute approximate surface area is 232 Å². The molecule has 1 aliphatic rings. The molecule has 0 spiro atoms. The smallest absolute Gasteiger partial charge is 0.243 e. The first-order chi connectivity index (χ1) is 18.8. The standard InChI is InChI=1S/C31H44N4O4/c1-5-10-25-29(36)33-16-9-14-24-13-6-7-15-27(24)39-18-17-32-26(20-23-12-8-11-22(4)19-23)30(37)35-28(21(2)3)31(38)34-25/h6-8,11-13,15,19,21,25-26,28,32H,5,9-10,14,16-18,20H2,1-4H3,(H,33,36)(H,34,38)(H,35,37)/t25-,26+,28+/m0/s1. The van der Waals surface area contributed by atoms with Crippen LogP contribution in [0.3, 0.4) is 0 Å². The predicted molar refractivity (Wildman–Crippen MR) is 154 cm³/mol. The lowest BCUT2D eigenvalue weighted by Gasteiger charge is -2.27. The van der Waals surface area contributed by atoms with E-state index >= 15 is 0 Å². The van der Waals surface area contributed by atoms with Crippen LogP contribution in [-0.2, 0) is 27.2 Å². The molecule has 4 N–H and O–H groups in total. The third-order valence-corrected chi connectivity index (χ3v) is 6.94. The van der Waals surface area contributed by atoms with Crippen molar-refractivity contribution in [1.82, 2.24) is 21.3 Å². The SMILES string of the molecule is CCC[C@@H]1NC(=O)[C@@H](C(C)C)NC(=O)[C@@H](Cc2cccc(C)c2)NCCOc2ccccc2CCCNC1=O. The molecule has 0 bridgehead atoms. The Morgan fingerprint density at radius 3 is 2.46 bits per heavy atom. The van der Waals surface area contributed by atoms with Crippen molar-refractivity contribution in [2.75, 3.05) is 19.7 Å². The number of para-hydroxylation sites is 1. The van der Waals surface area contributed by atoms with Crippen molar-refractivity contribution in [3.05, 3.63) is 65.2 Å². The fraction of sp³-hybridized carbons (Fsp3) is 0.516. The van der Waals surface area contributed by atoms with Crippen LogP contribution in [0, 0.1) is 12.8 Å². The van der Waals surface area contributed by atoms with Crippen molar-refractivity contribution in [3.8, 4) is 5.75 Å². The van der Waals surface area contributed by atoms with E-state index in [1.807, 2.05) is 70.2 Å². The molecule has 0 radical (unpaired) electrons. The second kappa shape index (κ2) is 15.3. The molecule has 1 aliphatic heterocycles. The van der Waals surface area contributed by atoms with E-state index in [0.29, 0.717) is 32.5 Å². The van der Waals surface area contributed by atoms with Crippen molar-refractivity contribution < 1.29 is 19.1 Å². The normalized spacial score (nSPS) is 22.0. The molecule has 3 amide bonds. The molecular weight excluding hydrogens is 492 g/mol. The number of aryl methyl sites for hydroxylation is 2. The zero-order valence-electron chi connectivity index (χ0n) is 23.7. The van der Waals surface area contributed by atoms with E-state index in [9.17, 15) is 14.4 Å². The molecule has 212 valence electrons. The van der Waals surface area contributed by atoms with Gasteiger partial charge in [0.25, 0.3) is 0 Å². The number of ether oxygens (including phenoxy) is 1. The number of hydrogen-bond acceptors (Lipinski definition) is 5. The van der Waals surface area contributed by atoms with E-state index in [1.54, 1.807) is 0 Å². The predicted octanol–water partition coefficient (Wildman–Crippen LogP) is 3.06. The highest BCUT2D eigenvalue weighted by Gasteiger charge is 2.30. The van der Waals surface area contributed by atoms with Gasteiger partial charge >= 0.3 is 0 Å². The van der Waals surface area contributed by atoms with Gasteiger partial charge in [-0.15, -0.1) is 0 Å². The lowest BCUT2D eigenvalue weighted by molar-refractivity contribution is -0.133. The van der Waals surface area contributed by atoms with E-state index in [4.69, 9.17) is 4.74 Å². The number of rotatable bonds is 5. The van der Waals surface area contributed by atoms with Crippen molar-refractivity contribution >= 4 is 17.7 Å². The molecule has 3 rings (SSSR count). The van der Waals surface area contributed by atoms with Crippen LogP contribution in [0.4, 0.5) is 0 Å². The van der Waals surface area contributed by atoms with Gasteiger partial charge in [-0.2, -0.15) is 0 Å². The number of hydrogen-bond donors (Lipinski definition) is 4. The summed E-state index contributed by atoms with van der Waals surface area (Å²) in [6.07, 6.45) is 3.23. The summed E-state index contributed by atoms with van der Waals surface area (Å²) in [4.78, 5) is 39.8. The van der Waals surface area contributed by atoms with Gasteiger partial charge in [-0.1, -0.05) is 75.2 Å². The molecule has 0 saturated heterocycles. The third kappa shape index (κ3) is 9.39. The van der Waals surface area contributed by atoms with Crippen LogP contribution in [0.15, 0.2) is 48.5 Å². The molecule has 1 heterocycles. The van der Waals surface area contributed by atoms with E-state index in [1.165, 1.54) is 0 Å². The van der Waals surface area contributed by atoms with Gasteiger partial charge in [0.15, 0.2) is 0 Å². The van der Waals surface area contributed by atoms with Crippen LogP contribution in [0.2, 0.25) is 0 Å². The third-order valence-electron chi connectivity index (χ3n) is 6.94. The summed E-state index contributed by atoms with van der Waals surface area (Å²) in [6, 6.07) is 14.0. The first-order valence-electron chi connectivity index (χ1n) is 14.2. The number of nitrogens with one attached hydrogen (secondary N) is 4. The quantitative estimate of drug-likeness (QED) is 0.470. The Kier molecular flexibility index (Phi) is 11.8. The topological polar surface area (TPSA) is 109 Å². The van der Waals surface area contributed by atoms with E-state index < -0.39 is 18.1 Å². The van der Waals surface area contributed by atoms with Crippen LogP contribution >= 0.6 is 0 Å². The second-order valence-corrected chi connectivity index (χ2v) is 10.6. The zero-order valence-corrected chi connectivity index (χ0v) is 23.7. The summed E-state index contributed by atoms with van der Waals surface area (Å²) in [5.74, 6) is -0.168. The van der Waals surface area contributed by atoms with Crippen molar-refractivity contribution in [2.24, 2.45) is 5.92 Å². The van der Waals surface area contributed by atoms with Gasteiger partial charge in [0, 0.05) is 13.1 Å². The molecule has 2 aromatic carbocycles. The number of carbonyl (C=O) groups is 3. The second-order valence-electron chi connectivity index (χ2n) is 10.6. The molecule has 8 heteroatoms. The maximum absolute atomic E-state index is 13.6. The minimum absolute atomic E-state index is 0.163. The lowest BCUT2D eigenvalue weighted by atomic mass is 9.99. The van der Waals surface area contributed by atoms with Crippen molar-refractivity contribution in [2.45, 2.75) is 77.9 Å². The monoisotopic (exact) mass is 536 g/mol.